The molecule has 148 valence electrons. The number of carbonyl (C=O) groups is 2. The third-order valence-electron chi connectivity index (χ3n) is 3.96. The highest BCUT2D eigenvalue weighted by atomic mass is 32.2. The summed E-state index contributed by atoms with van der Waals surface area (Å²) >= 11 is 0. The molecule has 0 heterocycles. The fourth-order valence-corrected chi connectivity index (χ4v) is 4.95. The monoisotopic (exact) mass is 432 g/mol. The van der Waals surface area contributed by atoms with Gasteiger partial charge in [0.15, 0.2) is 33.7 Å². The second-order valence-corrected chi connectivity index (χ2v) is 8.29. The predicted octanol–water partition coefficient (Wildman–Crippen LogP) is -0.222. The Morgan fingerprint density at radius 1 is 0.607 bits per heavy atom. The van der Waals surface area contributed by atoms with Crippen LogP contribution >= 0.6 is 0 Å². The van der Waals surface area contributed by atoms with Gasteiger partial charge in [-0.1, -0.05) is 0 Å². The van der Waals surface area contributed by atoms with E-state index in [4.69, 9.17) is 0 Å². The van der Waals surface area contributed by atoms with Crippen molar-refractivity contribution in [3.05, 3.63) is 34.4 Å². The summed E-state index contributed by atoms with van der Waals surface area (Å²) in [6.45, 7) is 0. The van der Waals surface area contributed by atoms with E-state index in [0.717, 1.165) is 12.1 Å². The molecule has 0 amide bonds. The molecule has 0 atom stereocenters. The Morgan fingerprint density at radius 2 is 1.14 bits per heavy atom. The lowest BCUT2D eigenvalue weighted by molar-refractivity contribution is 0.0969. The highest BCUT2D eigenvalue weighted by Gasteiger charge is 2.45. The van der Waals surface area contributed by atoms with Gasteiger partial charge in [0.2, 0.25) is 5.78 Å². The van der Waals surface area contributed by atoms with Gasteiger partial charge in [-0.05, 0) is 12.1 Å². The second-order valence-electron chi connectivity index (χ2n) is 5.57. The quantitative estimate of drug-likeness (QED) is 0.228. The highest BCUT2D eigenvalue weighted by molar-refractivity contribution is 7.89. The maximum Gasteiger partial charge on any atom is 0.299 e. The van der Waals surface area contributed by atoms with Crippen LogP contribution in [0.1, 0.15) is 31.8 Å². The molecule has 0 bridgehead atoms. The van der Waals surface area contributed by atoms with Crippen LogP contribution in [0.2, 0.25) is 0 Å². The van der Waals surface area contributed by atoms with Crippen molar-refractivity contribution in [2.45, 2.75) is 9.79 Å². The molecule has 12 nitrogen and oxygen atoms in total. The Hall–Kier alpha value is -3.20. The first-order valence-corrected chi connectivity index (χ1v) is 9.78. The van der Waals surface area contributed by atoms with Crippen LogP contribution in [-0.2, 0) is 20.2 Å². The number of benzene rings is 2. The Bertz CT molecular complexity index is 1320. The molecule has 28 heavy (non-hydrogen) atoms. The lowest BCUT2D eigenvalue weighted by Crippen LogP contribution is -2.26. The molecule has 0 spiro atoms. The van der Waals surface area contributed by atoms with E-state index in [1.165, 1.54) is 0 Å². The highest BCUT2D eigenvalue weighted by Crippen LogP contribution is 2.48. The first-order chi connectivity index (χ1) is 12.7. The fraction of sp³-hybridized carbons (Fsp3) is 0. The van der Waals surface area contributed by atoms with Crippen molar-refractivity contribution in [3.63, 3.8) is 0 Å². The molecule has 2 aromatic rings. The van der Waals surface area contributed by atoms with Gasteiger partial charge < -0.3 is 20.4 Å². The van der Waals surface area contributed by atoms with Crippen molar-refractivity contribution in [2.75, 3.05) is 0 Å². The Morgan fingerprint density at radius 3 is 1.64 bits per heavy atom. The SMILES string of the molecule is O=C1c2c(ccc(O)c2O)C(=O)c2c1c(O)c(O)c(S(=O)(=O)O)c2S(=O)(=O)O. The van der Waals surface area contributed by atoms with E-state index in [-0.39, 0.29) is 0 Å². The normalized spacial score (nSPS) is 13.9. The van der Waals surface area contributed by atoms with E-state index >= 15 is 0 Å². The predicted molar refractivity (Wildman–Crippen MR) is 86.0 cm³/mol. The van der Waals surface area contributed by atoms with E-state index < -0.39 is 86.8 Å². The van der Waals surface area contributed by atoms with Gasteiger partial charge in [-0.15, -0.1) is 0 Å². The number of hydrogen-bond acceptors (Lipinski definition) is 10. The van der Waals surface area contributed by atoms with Gasteiger partial charge in [0.1, 0.15) is 4.90 Å². The van der Waals surface area contributed by atoms with E-state index in [0.29, 0.717) is 0 Å². The van der Waals surface area contributed by atoms with Crippen molar-refractivity contribution < 1.29 is 56.0 Å². The first kappa shape index (κ1) is 19.6. The Labute approximate surface area is 155 Å². The van der Waals surface area contributed by atoms with Gasteiger partial charge in [-0.3, -0.25) is 18.7 Å². The molecule has 0 unspecified atom stereocenters. The largest absolute Gasteiger partial charge is 0.504 e. The molecule has 0 fully saturated rings. The minimum absolute atomic E-state index is 0.705. The molecule has 0 aromatic heterocycles. The van der Waals surface area contributed by atoms with Gasteiger partial charge in [0.25, 0.3) is 20.2 Å². The summed E-state index contributed by atoms with van der Waals surface area (Å²) in [5.74, 6) is -8.34. The van der Waals surface area contributed by atoms with Crippen LogP contribution in [0.3, 0.4) is 0 Å². The summed E-state index contributed by atoms with van der Waals surface area (Å²) in [4.78, 5) is 21.6. The van der Waals surface area contributed by atoms with Crippen molar-refractivity contribution in [1.29, 1.82) is 0 Å². The van der Waals surface area contributed by atoms with Gasteiger partial charge >= 0.3 is 0 Å². The van der Waals surface area contributed by atoms with Crippen LogP contribution in [-0.4, -0.2) is 57.9 Å². The van der Waals surface area contributed by atoms with Crippen LogP contribution < -0.4 is 0 Å². The number of phenols is 4. The van der Waals surface area contributed by atoms with Gasteiger partial charge in [-0.2, -0.15) is 16.8 Å². The molecule has 2 aromatic carbocycles. The summed E-state index contributed by atoms with van der Waals surface area (Å²) in [5.41, 5.74) is -4.19. The molecular formula is C14H8O12S2. The fourth-order valence-electron chi connectivity index (χ4n) is 2.86. The summed E-state index contributed by atoms with van der Waals surface area (Å²) in [6, 6.07) is 1.56. The molecule has 6 N–H and O–H groups in total. The van der Waals surface area contributed by atoms with Gasteiger partial charge in [-0.25, -0.2) is 0 Å². The Kier molecular flexibility index (Phi) is 3.95. The minimum atomic E-state index is -5.67. The molecule has 1 aliphatic carbocycles. The summed E-state index contributed by atoms with van der Waals surface area (Å²) in [6.07, 6.45) is 0. The standard InChI is InChI=1S/C14H8O12S2/c15-4-2-1-3-5(9(4)17)10(18)6-7(8(3)16)13(27(21,22)23)14(28(24,25)26)12(20)11(6)19/h1-2,15,17,19-20H,(H,21,22,23)(H,24,25,26). The van der Waals surface area contributed by atoms with Crippen LogP contribution in [0.5, 0.6) is 23.0 Å². The number of phenolic OH excluding ortho intramolecular Hbond substituents is 4. The number of hydrogen-bond donors (Lipinski definition) is 6. The number of rotatable bonds is 2. The van der Waals surface area contributed by atoms with Crippen LogP contribution in [0.25, 0.3) is 0 Å². The van der Waals surface area contributed by atoms with E-state index in [1.807, 2.05) is 0 Å². The maximum atomic E-state index is 12.7. The third-order valence-corrected chi connectivity index (χ3v) is 5.92. The minimum Gasteiger partial charge on any atom is -0.504 e. The van der Waals surface area contributed by atoms with Crippen LogP contribution in [0.15, 0.2) is 21.9 Å². The first-order valence-electron chi connectivity index (χ1n) is 6.90. The zero-order valence-electron chi connectivity index (χ0n) is 13.1. The van der Waals surface area contributed by atoms with Crippen molar-refractivity contribution >= 4 is 31.8 Å². The molecule has 3 rings (SSSR count). The summed E-state index contributed by atoms with van der Waals surface area (Å²) in [5, 5.41) is 39.3. The number of aromatic hydroxyl groups is 4. The van der Waals surface area contributed by atoms with Crippen molar-refractivity contribution in [3.8, 4) is 23.0 Å². The average Bonchev–Trinajstić information content (AvgIpc) is 2.54. The van der Waals surface area contributed by atoms with Crippen LogP contribution in [0, 0.1) is 0 Å². The summed E-state index contributed by atoms with van der Waals surface area (Å²) in [7, 11) is -11.3. The van der Waals surface area contributed by atoms with Gasteiger partial charge in [0, 0.05) is 5.56 Å². The average molecular weight is 432 g/mol. The lowest BCUT2D eigenvalue weighted by atomic mass is 9.82. The Balaban J connectivity index is 2.65. The zero-order valence-corrected chi connectivity index (χ0v) is 14.7. The van der Waals surface area contributed by atoms with Crippen molar-refractivity contribution in [1.82, 2.24) is 0 Å². The topological polar surface area (TPSA) is 224 Å². The second kappa shape index (κ2) is 5.65. The molecule has 0 aliphatic heterocycles. The van der Waals surface area contributed by atoms with E-state index in [1.54, 1.807) is 0 Å². The maximum absolute atomic E-state index is 12.7. The van der Waals surface area contributed by atoms with Crippen molar-refractivity contribution in [2.24, 2.45) is 0 Å². The summed E-state index contributed by atoms with van der Waals surface area (Å²) < 4.78 is 65.2. The van der Waals surface area contributed by atoms with E-state index in [9.17, 15) is 56.0 Å². The molecule has 14 heteroatoms. The number of fused-ring (bicyclic) bond motifs is 2. The molecular weight excluding hydrogens is 424 g/mol. The number of ketones is 2. The molecule has 0 saturated heterocycles. The molecule has 0 radical (unpaired) electrons. The molecule has 0 saturated carbocycles. The van der Waals surface area contributed by atoms with E-state index in [2.05, 4.69) is 0 Å². The third kappa shape index (κ3) is 2.50. The smallest absolute Gasteiger partial charge is 0.299 e. The number of carbonyl (C=O) groups excluding carboxylic acids is 2. The van der Waals surface area contributed by atoms with Gasteiger partial charge in [0.05, 0.1) is 16.7 Å². The zero-order chi connectivity index (χ0) is 21.3. The lowest BCUT2D eigenvalue weighted by Gasteiger charge is -2.23. The molecule has 1 aliphatic rings. The van der Waals surface area contributed by atoms with Crippen LogP contribution in [0.4, 0.5) is 0 Å².